The van der Waals surface area contributed by atoms with Crippen LogP contribution in [-0.2, 0) is 9.59 Å². The van der Waals surface area contributed by atoms with Gasteiger partial charge >= 0.3 is 0 Å². The molecule has 82 heavy (non-hydrogen) atoms. The minimum atomic E-state index is -0.267. The fourth-order valence-corrected chi connectivity index (χ4v) is 12.0. The van der Waals surface area contributed by atoms with Crippen LogP contribution >= 0.6 is 0 Å². The van der Waals surface area contributed by atoms with Crippen LogP contribution in [-0.4, -0.2) is 137 Å². The second-order valence-corrected chi connectivity index (χ2v) is 22.9. The molecule has 0 saturated heterocycles. The Labute approximate surface area is 487 Å². The van der Waals surface area contributed by atoms with Gasteiger partial charge in [-0.3, -0.25) is 38.6 Å². The Hall–Kier alpha value is -5.62. The van der Waals surface area contributed by atoms with E-state index in [1.165, 1.54) is 9.80 Å². The quantitative estimate of drug-likeness (QED) is 0.00788. The van der Waals surface area contributed by atoms with Crippen LogP contribution < -0.4 is 43.4 Å². The number of benzene rings is 5. The first kappa shape index (κ1) is 64.0. The van der Waals surface area contributed by atoms with Gasteiger partial charge in [0.25, 0.3) is 23.6 Å². The molecule has 0 aromatic heterocycles. The average molecular weight is 1130 g/mol. The van der Waals surface area contributed by atoms with E-state index in [4.69, 9.17) is 11.5 Å². The molecule has 5 aromatic rings. The Morgan fingerprint density at radius 1 is 0.305 bits per heavy atom. The predicted molar refractivity (Wildman–Crippen MR) is 334 cm³/mol. The second kappa shape index (κ2) is 35.5. The van der Waals surface area contributed by atoms with Crippen LogP contribution in [0.25, 0.3) is 43.1 Å². The maximum absolute atomic E-state index is 14.1. The number of hydrogen-bond donors (Lipinski definition) is 8. The highest BCUT2D eigenvalue weighted by atomic mass is 16.2. The number of carbonyl (C=O) groups excluding carboxylic acids is 6. The molecule has 0 unspecified atom stereocenters. The lowest BCUT2D eigenvalue weighted by Gasteiger charge is -2.30. The molecule has 0 spiro atoms. The van der Waals surface area contributed by atoms with Crippen molar-refractivity contribution in [2.75, 3.05) is 91.6 Å². The van der Waals surface area contributed by atoms with E-state index in [1.54, 1.807) is 0 Å². The van der Waals surface area contributed by atoms with E-state index in [0.717, 1.165) is 252 Å². The Morgan fingerprint density at radius 2 is 0.573 bits per heavy atom. The Bertz CT molecular complexity index is 2530. The highest BCUT2D eigenvalue weighted by Gasteiger charge is 2.36. The standard InChI is InChI=1S/C66H98N10O6/c67-35-21-41-69-37-15-17-39-71-43-23-45-73-57(77)25-13-9-5-1-3-7-11-19-47-75-63(79)53-31-27-49-51-29-33-55-62-56(34-30-52(60(51)62)50-28-32-54(64(75)80)61(53)59(49)50)66(82)76(65(55)81)48-20-12-8-4-2-6-10-14-26-58(78)74-46-24-44-72-40-18-16-38-70-42-22-36-68/h27-34,69-72H,1-26,35-48,67-68H2,(H,73,77)(H,74,78). The van der Waals surface area contributed by atoms with Gasteiger partial charge in [-0.2, -0.15) is 0 Å². The van der Waals surface area contributed by atoms with Crippen molar-refractivity contribution in [2.24, 2.45) is 11.5 Å². The van der Waals surface area contributed by atoms with Gasteiger partial charge in [0.15, 0.2) is 0 Å². The van der Waals surface area contributed by atoms with Gasteiger partial charge in [0.2, 0.25) is 11.8 Å². The lowest BCUT2D eigenvalue weighted by Crippen LogP contribution is -2.41. The Morgan fingerprint density at radius 3 is 0.878 bits per heavy atom. The summed E-state index contributed by atoms with van der Waals surface area (Å²) in [5.74, 6) is -0.799. The van der Waals surface area contributed by atoms with E-state index in [0.29, 0.717) is 72.0 Å². The molecule has 0 atom stereocenters. The molecule has 448 valence electrons. The number of nitrogens with one attached hydrogen (secondary N) is 6. The molecular formula is C66H98N10O6. The second-order valence-electron chi connectivity index (χ2n) is 22.9. The summed E-state index contributed by atoms with van der Waals surface area (Å²) >= 11 is 0. The summed E-state index contributed by atoms with van der Waals surface area (Å²) in [7, 11) is 0. The molecule has 0 radical (unpaired) electrons. The van der Waals surface area contributed by atoms with Crippen molar-refractivity contribution in [1.82, 2.24) is 41.7 Å². The summed E-state index contributed by atoms with van der Waals surface area (Å²) in [5, 5.41) is 26.4. The van der Waals surface area contributed by atoms with Gasteiger partial charge in [-0.15, -0.1) is 0 Å². The van der Waals surface area contributed by atoms with Gasteiger partial charge in [0.1, 0.15) is 0 Å². The van der Waals surface area contributed by atoms with Crippen LogP contribution in [0.1, 0.15) is 208 Å². The van der Waals surface area contributed by atoms with Crippen molar-refractivity contribution < 1.29 is 28.8 Å². The van der Waals surface area contributed by atoms with Gasteiger partial charge in [0.05, 0.1) is 0 Å². The predicted octanol–water partition coefficient (Wildman–Crippen LogP) is 9.58. The number of rotatable bonds is 46. The SMILES string of the molecule is NCCCNCCCCNCCCNC(=O)CCCCCCCCCCN1C(=O)c2ccc3c4ccc5c6c(ccc(c7ccc(c2c37)C1=O)c64)C(=O)N(CCCCCCCCCCC(=O)NCCCNCCCCNCCCN)C5=O. The van der Waals surface area contributed by atoms with Crippen LogP contribution in [0.5, 0.6) is 0 Å². The van der Waals surface area contributed by atoms with Gasteiger partial charge in [0, 0.05) is 72.0 Å². The third kappa shape index (κ3) is 18.2. The van der Waals surface area contributed by atoms with Crippen molar-refractivity contribution in [1.29, 1.82) is 0 Å². The molecule has 16 nitrogen and oxygen atoms in total. The third-order valence-electron chi connectivity index (χ3n) is 16.6. The molecule has 7 rings (SSSR count). The van der Waals surface area contributed by atoms with Crippen molar-refractivity contribution in [2.45, 2.75) is 167 Å². The van der Waals surface area contributed by atoms with Crippen LogP contribution in [0.4, 0.5) is 0 Å². The van der Waals surface area contributed by atoms with E-state index in [-0.39, 0.29) is 35.4 Å². The van der Waals surface area contributed by atoms with E-state index < -0.39 is 0 Å². The third-order valence-corrected chi connectivity index (χ3v) is 16.6. The Balaban J connectivity index is 0.778. The summed E-state index contributed by atoms with van der Waals surface area (Å²) in [6.45, 7) is 11.5. The number of fused-ring (bicyclic) bond motifs is 2. The van der Waals surface area contributed by atoms with E-state index in [1.807, 2.05) is 48.5 Å². The summed E-state index contributed by atoms with van der Waals surface area (Å²) in [6.07, 6.45) is 25.5. The van der Waals surface area contributed by atoms with E-state index in [9.17, 15) is 28.8 Å². The highest BCUT2D eigenvalue weighted by Crippen LogP contribution is 2.46. The van der Waals surface area contributed by atoms with E-state index in [2.05, 4.69) is 31.9 Å². The van der Waals surface area contributed by atoms with Crippen LogP contribution in [0.3, 0.4) is 0 Å². The minimum absolute atomic E-state index is 0.135. The molecule has 2 aliphatic heterocycles. The lowest BCUT2D eigenvalue weighted by molar-refractivity contribution is -0.122. The highest BCUT2D eigenvalue weighted by molar-refractivity contribution is 6.41. The number of carbonyl (C=O) groups is 6. The van der Waals surface area contributed by atoms with Crippen molar-refractivity contribution >= 4 is 78.5 Å². The van der Waals surface area contributed by atoms with Crippen LogP contribution in [0.15, 0.2) is 48.5 Å². The molecule has 5 aromatic carbocycles. The molecule has 2 heterocycles. The fourth-order valence-electron chi connectivity index (χ4n) is 12.0. The van der Waals surface area contributed by atoms with Crippen LogP contribution in [0.2, 0.25) is 0 Å². The molecule has 10 N–H and O–H groups in total. The number of imide groups is 2. The molecule has 6 amide bonds. The number of nitrogens with two attached hydrogens (primary N) is 2. The summed E-state index contributed by atoms with van der Waals surface area (Å²) in [5.41, 5.74) is 13.1. The monoisotopic (exact) mass is 1130 g/mol. The largest absolute Gasteiger partial charge is 0.356 e. The first-order chi connectivity index (χ1) is 40.3. The lowest BCUT2D eigenvalue weighted by atomic mass is 9.82. The Kier molecular flexibility index (Phi) is 27.7. The van der Waals surface area contributed by atoms with Gasteiger partial charge in [-0.25, -0.2) is 0 Å². The topological polar surface area (TPSA) is 233 Å². The molecular weight excluding hydrogens is 1030 g/mol. The van der Waals surface area contributed by atoms with Gasteiger partial charge < -0.3 is 43.4 Å². The summed E-state index contributed by atoms with van der Waals surface area (Å²) in [6, 6.07) is 15.3. The molecule has 0 saturated carbocycles. The zero-order valence-corrected chi connectivity index (χ0v) is 49.4. The molecule has 0 fully saturated rings. The maximum atomic E-state index is 14.1. The van der Waals surface area contributed by atoms with Crippen molar-refractivity contribution in [3.05, 3.63) is 70.8 Å². The first-order valence-corrected chi connectivity index (χ1v) is 32.0. The summed E-state index contributed by atoms with van der Waals surface area (Å²) in [4.78, 5) is 84.0. The van der Waals surface area contributed by atoms with Crippen LogP contribution in [0, 0.1) is 0 Å². The normalized spacial score (nSPS) is 13.3. The summed E-state index contributed by atoms with van der Waals surface area (Å²) < 4.78 is 0. The zero-order chi connectivity index (χ0) is 57.7. The maximum Gasteiger partial charge on any atom is 0.261 e. The smallest absolute Gasteiger partial charge is 0.261 e. The number of nitrogens with zero attached hydrogens (tertiary/aromatic N) is 2. The molecule has 0 bridgehead atoms. The first-order valence-electron chi connectivity index (χ1n) is 32.0. The number of hydrogen-bond acceptors (Lipinski definition) is 12. The van der Waals surface area contributed by atoms with Gasteiger partial charge in [-0.1, -0.05) is 101 Å². The molecule has 2 aliphatic rings. The minimum Gasteiger partial charge on any atom is -0.356 e. The fraction of sp³-hybridized carbons (Fsp3) is 0.606. The van der Waals surface area contributed by atoms with Crippen molar-refractivity contribution in [3.8, 4) is 0 Å². The number of amides is 6. The van der Waals surface area contributed by atoms with Gasteiger partial charge in [-0.05, 0) is 199 Å². The molecule has 16 heteroatoms. The molecule has 0 aliphatic carbocycles. The number of unbranched alkanes of at least 4 members (excludes halogenated alkanes) is 16. The zero-order valence-electron chi connectivity index (χ0n) is 49.4. The van der Waals surface area contributed by atoms with Crippen molar-refractivity contribution in [3.63, 3.8) is 0 Å². The van der Waals surface area contributed by atoms with E-state index >= 15 is 0 Å². The average Bonchev–Trinajstić information content (AvgIpc) is 1.33.